The summed E-state index contributed by atoms with van der Waals surface area (Å²) < 4.78 is 26.2. The fourth-order valence-electron chi connectivity index (χ4n) is 3.57. The van der Waals surface area contributed by atoms with Gasteiger partial charge in [-0.25, -0.2) is 8.42 Å². The summed E-state index contributed by atoms with van der Waals surface area (Å²) in [4.78, 5) is 12.1. The van der Waals surface area contributed by atoms with E-state index in [0.29, 0.717) is 5.56 Å². The molecule has 1 saturated carbocycles. The average Bonchev–Trinajstić information content (AvgIpc) is 3.27. The third-order valence-electron chi connectivity index (χ3n) is 5.11. The Balaban J connectivity index is 2.10. The zero-order valence-electron chi connectivity index (χ0n) is 14.1. The minimum absolute atomic E-state index is 0.136. The van der Waals surface area contributed by atoms with Gasteiger partial charge in [-0.05, 0) is 31.5 Å². The summed E-state index contributed by atoms with van der Waals surface area (Å²) in [6.07, 6.45) is 0. The van der Waals surface area contributed by atoms with E-state index in [1.807, 2.05) is 26.0 Å². The van der Waals surface area contributed by atoms with Crippen LogP contribution in [0.15, 0.2) is 53.4 Å². The molecular weight excluding hydrogens is 338 g/mol. The number of carboxylic acid groups (broad SMARTS) is 1. The normalized spacial score (nSPS) is 25.6. The highest BCUT2D eigenvalue weighted by atomic mass is 32.2. The minimum atomic E-state index is -3.82. The number of hydrogen-bond donors (Lipinski definition) is 2. The van der Waals surface area contributed by atoms with Crippen LogP contribution >= 0.6 is 0 Å². The van der Waals surface area contributed by atoms with E-state index in [1.54, 1.807) is 24.3 Å². The number of aryl methyl sites for hydroxylation is 2. The van der Waals surface area contributed by atoms with Gasteiger partial charge in [0.05, 0.1) is 10.1 Å². The van der Waals surface area contributed by atoms with E-state index in [9.17, 15) is 18.3 Å². The molecule has 132 valence electrons. The number of carbonyl (C=O) groups is 1. The summed E-state index contributed by atoms with van der Waals surface area (Å²) in [5.74, 6) is -1.82. The minimum Gasteiger partial charge on any atom is -0.481 e. The van der Waals surface area contributed by atoms with Crippen LogP contribution in [0.1, 0.15) is 22.6 Å². The lowest BCUT2D eigenvalue weighted by atomic mass is 9.99. The molecule has 0 radical (unpaired) electrons. The van der Waals surface area contributed by atoms with Gasteiger partial charge in [0.25, 0.3) is 0 Å². The van der Waals surface area contributed by atoms with E-state index in [4.69, 9.17) is 5.73 Å². The number of nitrogens with two attached hydrogens (primary N) is 1. The van der Waals surface area contributed by atoms with Crippen LogP contribution in [0.5, 0.6) is 0 Å². The Morgan fingerprint density at radius 2 is 1.52 bits per heavy atom. The molecule has 0 aromatic heterocycles. The highest BCUT2D eigenvalue weighted by Gasteiger charge is 2.75. The van der Waals surface area contributed by atoms with Crippen LogP contribution in [-0.2, 0) is 14.6 Å². The summed E-state index contributed by atoms with van der Waals surface area (Å²) >= 11 is 0. The lowest BCUT2D eigenvalue weighted by Gasteiger charge is -2.10. The average molecular weight is 359 g/mol. The maximum atomic E-state index is 13.1. The molecular formula is C19H21NO4S. The molecule has 25 heavy (non-hydrogen) atoms. The third-order valence-corrected chi connectivity index (χ3v) is 7.40. The molecule has 6 heteroatoms. The van der Waals surface area contributed by atoms with Gasteiger partial charge in [-0.1, -0.05) is 47.5 Å². The lowest BCUT2D eigenvalue weighted by molar-refractivity contribution is -0.143. The molecule has 0 amide bonds. The molecule has 1 fully saturated rings. The first-order valence-electron chi connectivity index (χ1n) is 8.05. The Kier molecular flexibility index (Phi) is 4.21. The van der Waals surface area contributed by atoms with E-state index in [1.165, 1.54) is 12.1 Å². The van der Waals surface area contributed by atoms with Crippen molar-refractivity contribution < 1.29 is 18.3 Å². The molecule has 3 rings (SSSR count). The molecule has 1 aliphatic carbocycles. The molecule has 2 aromatic carbocycles. The van der Waals surface area contributed by atoms with Crippen molar-refractivity contribution in [3.8, 4) is 0 Å². The van der Waals surface area contributed by atoms with Gasteiger partial charge in [0.15, 0.2) is 9.84 Å². The van der Waals surface area contributed by atoms with Gasteiger partial charge >= 0.3 is 5.97 Å². The number of carboxylic acids is 1. The lowest BCUT2D eigenvalue weighted by Crippen LogP contribution is -2.31. The van der Waals surface area contributed by atoms with Gasteiger partial charge in [0.1, 0.15) is 5.41 Å². The third kappa shape index (κ3) is 2.65. The second kappa shape index (κ2) is 5.97. The van der Waals surface area contributed by atoms with Gasteiger partial charge in [-0.15, -0.1) is 0 Å². The summed E-state index contributed by atoms with van der Waals surface area (Å²) in [6, 6.07) is 13.8. The van der Waals surface area contributed by atoms with Gasteiger partial charge in [-0.3, -0.25) is 4.79 Å². The molecule has 3 N–H and O–H groups in total. The summed E-state index contributed by atoms with van der Waals surface area (Å²) in [6.45, 7) is 3.56. The van der Waals surface area contributed by atoms with E-state index in [2.05, 4.69) is 0 Å². The van der Waals surface area contributed by atoms with E-state index >= 15 is 0 Å². The first kappa shape index (κ1) is 17.6. The largest absolute Gasteiger partial charge is 0.481 e. The first-order valence-corrected chi connectivity index (χ1v) is 9.60. The van der Waals surface area contributed by atoms with Crippen molar-refractivity contribution in [3.63, 3.8) is 0 Å². The predicted octanol–water partition coefficient (Wildman–Crippen LogP) is 2.27. The molecule has 0 aliphatic heterocycles. The fourth-order valence-corrected chi connectivity index (χ4v) is 5.95. The van der Waals surface area contributed by atoms with Crippen LogP contribution in [-0.4, -0.2) is 31.3 Å². The van der Waals surface area contributed by atoms with Crippen molar-refractivity contribution in [1.82, 2.24) is 0 Å². The van der Waals surface area contributed by atoms with Crippen LogP contribution in [0.2, 0.25) is 0 Å². The van der Waals surface area contributed by atoms with Crippen molar-refractivity contribution >= 4 is 15.8 Å². The number of rotatable bonds is 5. The quantitative estimate of drug-likeness (QED) is 0.853. The monoisotopic (exact) mass is 359 g/mol. The Morgan fingerprint density at radius 3 is 1.96 bits per heavy atom. The van der Waals surface area contributed by atoms with Crippen molar-refractivity contribution in [2.75, 3.05) is 6.54 Å². The van der Waals surface area contributed by atoms with E-state index in [0.717, 1.165) is 11.1 Å². The first-order chi connectivity index (χ1) is 11.7. The molecule has 0 heterocycles. The molecule has 0 spiro atoms. The van der Waals surface area contributed by atoms with Crippen LogP contribution in [0.3, 0.4) is 0 Å². The number of aliphatic carboxylic acids is 1. The van der Waals surface area contributed by atoms with Crippen LogP contribution in [0.4, 0.5) is 0 Å². The van der Waals surface area contributed by atoms with Gasteiger partial charge < -0.3 is 10.8 Å². The maximum Gasteiger partial charge on any atom is 0.312 e. The second-order valence-electron chi connectivity index (χ2n) is 6.72. The molecule has 1 aliphatic rings. The molecule has 0 saturated heterocycles. The summed E-state index contributed by atoms with van der Waals surface area (Å²) in [7, 11) is -3.82. The van der Waals surface area contributed by atoms with Crippen molar-refractivity contribution in [1.29, 1.82) is 0 Å². The number of hydrogen-bond acceptors (Lipinski definition) is 4. The van der Waals surface area contributed by atoms with Gasteiger partial charge in [0, 0.05) is 12.5 Å². The molecule has 0 bridgehead atoms. The van der Waals surface area contributed by atoms with Crippen molar-refractivity contribution in [3.05, 3.63) is 65.2 Å². The Hall–Kier alpha value is -2.18. The second-order valence-corrected chi connectivity index (χ2v) is 8.79. The Bertz CT molecular complexity index is 903. The molecule has 5 nitrogen and oxygen atoms in total. The molecule has 3 atom stereocenters. The standard InChI is InChI=1S/C19H21NO4S/c1-12-3-7-14(8-4-12)16-17(19(16,11-20)18(21)22)25(23,24)15-9-5-13(2)6-10-15/h3-10,16-17H,11,20H2,1-2H3,(H,21,22)/t16-,17-,19-/m1/s1. The van der Waals surface area contributed by atoms with Crippen LogP contribution < -0.4 is 5.73 Å². The zero-order valence-corrected chi connectivity index (χ0v) is 15.0. The smallest absolute Gasteiger partial charge is 0.312 e. The van der Waals surface area contributed by atoms with Crippen LogP contribution in [0, 0.1) is 19.3 Å². The van der Waals surface area contributed by atoms with Gasteiger partial charge in [0.2, 0.25) is 0 Å². The number of sulfone groups is 1. The van der Waals surface area contributed by atoms with Gasteiger partial charge in [-0.2, -0.15) is 0 Å². The van der Waals surface area contributed by atoms with E-state index in [-0.39, 0.29) is 11.4 Å². The summed E-state index contributed by atoms with van der Waals surface area (Å²) in [5.41, 5.74) is 6.94. The topological polar surface area (TPSA) is 97.5 Å². The SMILES string of the molecule is Cc1ccc([C@@H]2[C@@H](S(=O)(=O)c3ccc(C)cc3)[C@]2(CN)C(=O)O)cc1. The number of benzene rings is 2. The van der Waals surface area contributed by atoms with Crippen molar-refractivity contribution in [2.45, 2.75) is 29.9 Å². The zero-order chi connectivity index (χ0) is 18.4. The van der Waals surface area contributed by atoms with E-state index < -0.39 is 32.4 Å². The molecule has 2 aromatic rings. The Morgan fingerprint density at radius 1 is 1.04 bits per heavy atom. The predicted molar refractivity (Wildman–Crippen MR) is 95.2 cm³/mol. The highest BCUT2D eigenvalue weighted by molar-refractivity contribution is 7.92. The molecule has 0 unspecified atom stereocenters. The summed E-state index contributed by atoms with van der Waals surface area (Å²) in [5, 5.41) is 8.71. The van der Waals surface area contributed by atoms with Crippen LogP contribution in [0.25, 0.3) is 0 Å². The maximum absolute atomic E-state index is 13.1. The van der Waals surface area contributed by atoms with Crippen molar-refractivity contribution in [2.24, 2.45) is 11.1 Å². The Labute approximate surface area is 147 Å². The highest BCUT2D eigenvalue weighted by Crippen LogP contribution is 2.63. The fraction of sp³-hybridized carbons (Fsp3) is 0.316.